The van der Waals surface area contributed by atoms with Crippen LogP contribution in [0.5, 0.6) is 0 Å². The zero-order valence-electron chi connectivity index (χ0n) is 9.82. The molecule has 0 saturated carbocycles. The van der Waals surface area contributed by atoms with E-state index in [-0.39, 0.29) is 0 Å². The topological polar surface area (TPSA) is 89.9 Å². The van der Waals surface area contributed by atoms with Crippen molar-refractivity contribution in [1.29, 1.82) is 0 Å². The van der Waals surface area contributed by atoms with Gasteiger partial charge in [-0.15, -0.1) is 0 Å². The maximum absolute atomic E-state index is 12.0. The molecule has 10 heteroatoms. The van der Waals surface area contributed by atoms with Crippen molar-refractivity contribution in [3.63, 3.8) is 0 Å². The fraction of sp³-hybridized carbons (Fsp3) is 0.875. The van der Waals surface area contributed by atoms with E-state index < -0.39 is 39.9 Å². The van der Waals surface area contributed by atoms with Gasteiger partial charge in [0.2, 0.25) is 0 Å². The summed E-state index contributed by atoms with van der Waals surface area (Å²) in [6.45, 7) is 3.73. The van der Waals surface area contributed by atoms with Gasteiger partial charge in [0.15, 0.2) is 6.10 Å². The van der Waals surface area contributed by atoms with E-state index in [1.807, 2.05) is 0 Å². The van der Waals surface area contributed by atoms with Crippen LogP contribution in [0.2, 0.25) is 0 Å². The Labute approximate surface area is 102 Å². The predicted molar refractivity (Wildman–Crippen MR) is 53.2 cm³/mol. The molecule has 0 unspecified atom stereocenters. The smallest absolute Gasteiger partial charge is 0.479 e. The second-order valence-electron chi connectivity index (χ2n) is 4.25. The molecule has 0 aromatic rings. The summed E-state index contributed by atoms with van der Waals surface area (Å²) in [5.74, 6) is -1.87. The Kier molecular flexibility index (Phi) is 5.15. The quantitative estimate of drug-likeness (QED) is 0.603. The first-order valence-electron chi connectivity index (χ1n) is 4.62. The molecular weight excluding hydrogens is 281 g/mol. The summed E-state index contributed by atoms with van der Waals surface area (Å²) in [7, 11) is -5.97. The van der Waals surface area contributed by atoms with E-state index in [9.17, 15) is 26.4 Å². The Morgan fingerprint density at radius 1 is 1.28 bits per heavy atom. The van der Waals surface area contributed by atoms with Crippen molar-refractivity contribution in [3.05, 3.63) is 0 Å². The summed E-state index contributed by atoms with van der Waals surface area (Å²) in [6, 6.07) is 0. The number of carboxylic acids is 1. The normalized spacial score (nSPS) is 15.4. The van der Waals surface area contributed by atoms with E-state index in [4.69, 9.17) is 9.84 Å². The van der Waals surface area contributed by atoms with Crippen LogP contribution in [0.3, 0.4) is 0 Å². The molecule has 0 bridgehead atoms. The molecule has 1 atom stereocenters. The summed E-state index contributed by atoms with van der Waals surface area (Å²) in [6.07, 6.45) is -2.25. The third kappa shape index (κ3) is 5.65. The molecule has 0 aromatic carbocycles. The molecule has 0 rings (SSSR count). The lowest BCUT2D eigenvalue weighted by Gasteiger charge is -2.22. The largest absolute Gasteiger partial charge is 0.523 e. The predicted octanol–water partition coefficient (Wildman–Crippen LogP) is 1.12. The number of hydrogen-bond donors (Lipinski definition) is 1. The Morgan fingerprint density at radius 2 is 1.72 bits per heavy atom. The number of halogens is 3. The Hall–Kier alpha value is -0.870. The summed E-state index contributed by atoms with van der Waals surface area (Å²) in [5, 5.41) is 8.56. The number of carbonyl (C=O) groups is 1. The molecule has 108 valence electrons. The number of carboxylic acid groups (broad SMARTS) is 1. The fourth-order valence-electron chi connectivity index (χ4n) is 0.673. The minimum Gasteiger partial charge on any atom is -0.479 e. The van der Waals surface area contributed by atoms with Gasteiger partial charge in [-0.3, -0.25) is 0 Å². The van der Waals surface area contributed by atoms with Crippen LogP contribution in [0, 0.1) is 0 Å². The number of aliphatic carboxylic acids is 1. The average molecular weight is 294 g/mol. The van der Waals surface area contributed by atoms with E-state index in [2.05, 4.69) is 4.18 Å². The monoisotopic (exact) mass is 294 g/mol. The molecule has 0 radical (unpaired) electrons. The third-order valence-electron chi connectivity index (χ3n) is 1.47. The molecule has 18 heavy (non-hydrogen) atoms. The van der Waals surface area contributed by atoms with Gasteiger partial charge in [0, 0.05) is 0 Å². The Bertz CT molecular complexity index is 394. The SMILES string of the molecule is CC(C)(C)OC[C@H](OS(=O)(=O)C(F)(F)F)C(=O)O. The van der Waals surface area contributed by atoms with Crippen LogP contribution in [-0.2, 0) is 23.8 Å². The van der Waals surface area contributed by atoms with E-state index in [0.29, 0.717) is 0 Å². The molecule has 0 spiro atoms. The molecule has 0 heterocycles. The summed E-state index contributed by atoms with van der Waals surface area (Å²) < 4.78 is 65.7. The van der Waals surface area contributed by atoms with Crippen LogP contribution in [0.25, 0.3) is 0 Å². The van der Waals surface area contributed by atoms with Crippen LogP contribution in [-0.4, -0.2) is 43.3 Å². The van der Waals surface area contributed by atoms with Crippen molar-refractivity contribution in [3.8, 4) is 0 Å². The minimum atomic E-state index is -5.97. The summed E-state index contributed by atoms with van der Waals surface area (Å²) >= 11 is 0. The standard InChI is InChI=1S/C8H13F3O6S/c1-7(2,3)16-4-5(6(12)13)17-18(14,15)8(9,10)11/h5H,4H2,1-3H3,(H,12,13)/t5-/m0/s1. The fourth-order valence-corrected chi connectivity index (χ4v) is 1.23. The van der Waals surface area contributed by atoms with E-state index in [0.717, 1.165) is 0 Å². The molecule has 0 aliphatic heterocycles. The summed E-state index contributed by atoms with van der Waals surface area (Å²) in [5.41, 5.74) is -6.53. The first-order valence-corrected chi connectivity index (χ1v) is 6.03. The highest BCUT2D eigenvalue weighted by Crippen LogP contribution is 2.26. The van der Waals surface area contributed by atoms with Gasteiger partial charge in [0.05, 0.1) is 12.2 Å². The van der Waals surface area contributed by atoms with Gasteiger partial charge in [0.25, 0.3) is 0 Å². The maximum Gasteiger partial charge on any atom is 0.523 e. The Balaban J connectivity index is 4.82. The van der Waals surface area contributed by atoms with Crippen LogP contribution in [0.4, 0.5) is 13.2 Å². The highest BCUT2D eigenvalue weighted by atomic mass is 32.2. The molecule has 0 saturated heterocycles. The lowest BCUT2D eigenvalue weighted by molar-refractivity contribution is -0.151. The van der Waals surface area contributed by atoms with Gasteiger partial charge in [-0.2, -0.15) is 21.6 Å². The molecule has 0 amide bonds. The van der Waals surface area contributed by atoms with Gasteiger partial charge in [0.1, 0.15) is 0 Å². The van der Waals surface area contributed by atoms with Crippen molar-refractivity contribution in [2.24, 2.45) is 0 Å². The van der Waals surface area contributed by atoms with E-state index >= 15 is 0 Å². The Morgan fingerprint density at radius 3 is 2.00 bits per heavy atom. The van der Waals surface area contributed by atoms with Crippen LogP contribution >= 0.6 is 0 Å². The minimum absolute atomic E-state index is 0.825. The molecule has 0 aliphatic carbocycles. The van der Waals surface area contributed by atoms with Gasteiger partial charge >= 0.3 is 21.6 Å². The second kappa shape index (κ2) is 5.41. The van der Waals surface area contributed by atoms with Gasteiger partial charge in [-0.25, -0.2) is 8.98 Å². The van der Waals surface area contributed by atoms with Gasteiger partial charge in [-0.05, 0) is 20.8 Å². The summed E-state index contributed by atoms with van der Waals surface area (Å²) in [4.78, 5) is 10.6. The zero-order valence-corrected chi connectivity index (χ0v) is 10.6. The van der Waals surface area contributed by atoms with Crippen LogP contribution < -0.4 is 0 Å². The maximum atomic E-state index is 12.0. The van der Waals surface area contributed by atoms with Crippen LogP contribution in [0.1, 0.15) is 20.8 Å². The molecule has 0 aromatic heterocycles. The van der Waals surface area contributed by atoms with Crippen molar-refractivity contribution in [2.45, 2.75) is 38.0 Å². The van der Waals surface area contributed by atoms with Crippen LogP contribution in [0.15, 0.2) is 0 Å². The number of ether oxygens (including phenoxy) is 1. The number of alkyl halides is 3. The molecule has 0 aliphatic rings. The molecular formula is C8H13F3O6S. The highest BCUT2D eigenvalue weighted by molar-refractivity contribution is 7.87. The highest BCUT2D eigenvalue weighted by Gasteiger charge is 2.49. The third-order valence-corrected chi connectivity index (χ3v) is 2.52. The van der Waals surface area contributed by atoms with Crippen molar-refractivity contribution in [1.82, 2.24) is 0 Å². The van der Waals surface area contributed by atoms with E-state index in [1.54, 1.807) is 0 Å². The molecule has 6 nitrogen and oxygen atoms in total. The lowest BCUT2D eigenvalue weighted by Crippen LogP contribution is -2.38. The van der Waals surface area contributed by atoms with Gasteiger partial charge in [-0.1, -0.05) is 0 Å². The first kappa shape index (κ1) is 17.1. The van der Waals surface area contributed by atoms with Crippen molar-refractivity contribution in [2.75, 3.05) is 6.61 Å². The van der Waals surface area contributed by atoms with Crippen molar-refractivity contribution < 1.29 is 40.4 Å². The van der Waals surface area contributed by atoms with Gasteiger partial charge < -0.3 is 9.84 Å². The molecule has 0 fully saturated rings. The zero-order chi connectivity index (χ0) is 14.8. The van der Waals surface area contributed by atoms with E-state index in [1.165, 1.54) is 20.8 Å². The second-order valence-corrected chi connectivity index (χ2v) is 5.81. The molecule has 1 N–H and O–H groups in total. The number of hydrogen-bond acceptors (Lipinski definition) is 5. The average Bonchev–Trinajstić information content (AvgIpc) is 2.08. The van der Waals surface area contributed by atoms with Crippen molar-refractivity contribution >= 4 is 16.1 Å². The number of rotatable bonds is 5. The lowest BCUT2D eigenvalue weighted by atomic mass is 10.2. The first-order chi connectivity index (χ1) is 7.76.